The van der Waals surface area contributed by atoms with E-state index in [0.29, 0.717) is 87.3 Å². The molecule has 100 heavy (non-hydrogen) atoms. The lowest BCUT2D eigenvalue weighted by Crippen LogP contribution is -2.61. The summed E-state index contributed by atoms with van der Waals surface area (Å²) in [6.45, 7) is -0.336. The van der Waals surface area contributed by atoms with Gasteiger partial charge in [-0.2, -0.15) is 23.5 Å². The number of nitrogens with two attached hydrogens (primary N) is 2. The minimum atomic E-state index is -1.98. The largest absolute Gasteiger partial charge is 0.508 e. The molecule has 0 spiro atoms. The molecule has 31 heteroatoms. The zero-order valence-corrected chi connectivity index (χ0v) is 56.5. The van der Waals surface area contributed by atoms with E-state index < -0.39 is 132 Å². The van der Waals surface area contributed by atoms with Crippen LogP contribution >= 0.6 is 23.5 Å². The van der Waals surface area contributed by atoms with Crippen LogP contribution in [0, 0.1) is 5.82 Å². The first-order chi connectivity index (χ1) is 48.1. The normalized spacial score (nSPS) is 22.2. The average molecular weight is 1410 g/mol. The van der Waals surface area contributed by atoms with Gasteiger partial charge in [0.15, 0.2) is 0 Å². The SMILES string of the molecule is CN1C(=O)[C@H](Cc2c[nH]c3ccc(F)cc23)NC(=O)CNC(=O)[C@H](CCCCN)NC(=O)CCSCc2cccc(c2)CSC[C@@H](C(N)=O)NC(=O)[C@@H]2CCCN2C(=O)[C@H](Cc2ccc(O)cc2)NC(=O)[C@H](Cc2cnc[nH]2)NC(=O)[C@H](CC(=O)O)NC(=O)[C@@H]1Cc1c[nH]c2ccccc12. The number of imidazole rings is 1. The number of aliphatic carboxylic acids is 1. The molecule has 3 aromatic heterocycles. The maximum Gasteiger partial charge on any atom is 0.305 e. The van der Waals surface area contributed by atoms with Crippen LogP contribution in [0.1, 0.15) is 78.5 Å². The summed E-state index contributed by atoms with van der Waals surface area (Å²) in [6.07, 6.45) is 5.26. The lowest BCUT2D eigenvalue weighted by Gasteiger charge is -2.32. The number of amides is 10. The van der Waals surface area contributed by atoms with Gasteiger partial charge in [0.05, 0.1) is 19.3 Å². The van der Waals surface area contributed by atoms with E-state index in [1.54, 1.807) is 30.5 Å². The van der Waals surface area contributed by atoms with E-state index in [9.17, 15) is 53.0 Å². The fourth-order valence-corrected chi connectivity index (χ4v) is 14.0. The predicted octanol–water partition coefficient (Wildman–Crippen LogP) is 1.99. The highest BCUT2D eigenvalue weighted by molar-refractivity contribution is 7.98. The lowest BCUT2D eigenvalue weighted by atomic mass is 9.99. The second-order valence-electron chi connectivity index (χ2n) is 24.7. The third-order valence-electron chi connectivity index (χ3n) is 17.4. The summed E-state index contributed by atoms with van der Waals surface area (Å²) in [6, 6.07) is 12.8. The van der Waals surface area contributed by atoms with Crippen LogP contribution in [0.2, 0.25) is 0 Å². The first-order valence-corrected chi connectivity index (χ1v) is 35.1. The Kier molecular flexibility index (Phi) is 26.2. The molecule has 8 atom stereocenters. The summed E-state index contributed by atoms with van der Waals surface area (Å²) in [5.74, 6) is -9.28. The van der Waals surface area contributed by atoms with Gasteiger partial charge >= 0.3 is 5.97 Å². The standard InChI is InChI=1S/C69H82FN15O13S2/c1-84-58(27-43-32-74-49-11-3-2-10-47(43)49)67(96)81-53(30-61(89)90)65(94)80-52(29-45-33-73-38-77-45)64(93)82-54(25-39-14-17-46(86)18-15-39)69(98)85-22-7-13-57(85)66(95)83-56(62(72)91)37-100-36-41-9-6-8-40(24-41)35-99-23-20-59(87)78-51(12-4-5-21-71)63(92)76-34-60(88)79-55(68(84)97)26-42-31-75-50-19-16-44(70)28-48(42)50/h2-3,6,8-11,14-19,24,28,31-33,38,51-58,74-75,86H,4-5,7,12-13,20-23,25-27,29-30,34-37,71H2,1H3,(H2,72,91)(H,73,77)(H,76,92)(H,78,87)(H,79,88)(H,80,94)(H,81,96)(H,82,93)(H,83,95)(H,89,90)/t51-,52-,53-,54-,55-,56-,57-,58-/m0/s1. The molecular formula is C69H82FN15O13S2. The number of phenolic OH excluding ortho intramolecular Hbond substituents is 1. The topological polar surface area (TPSA) is 431 Å². The Labute approximate surface area is 583 Å². The zero-order valence-electron chi connectivity index (χ0n) is 54.9. The van der Waals surface area contributed by atoms with Gasteiger partial charge in [0.25, 0.3) is 0 Å². The number of halogens is 1. The van der Waals surface area contributed by atoms with Gasteiger partial charge in [0.2, 0.25) is 59.1 Å². The molecule has 0 unspecified atom stereocenters. The molecule has 5 heterocycles. The van der Waals surface area contributed by atoms with Gasteiger partial charge in [0, 0.05) is 115 Å². The summed E-state index contributed by atoms with van der Waals surface area (Å²) in [5.41, 5.74) is 16.2. The van der Waals surface area contributed by atoms with Gasteiger partial charge < -0.3 is 83.6 Å². The second kappa shape index (κ2) is 35.5. The Balaban J connectivity index is 1.06. The van der Waals surface area contributed by atoms with Crippen molar-refractivity contribution < 1.29 is 67.3 Å². The number of primary amides is 1. The van der Waals surface area contributed by atoms with Crippen molar-refractivity contribution in [1.82, 2.24) is 67.0 Å². The molecule has 16 N–H and O–H groups in total. The summed E-state index contributed by atoms with van der Waals surface area (Å²) >= 11 is 2.81. The number of nitrogens with zero attached hydrogens (tertiary/aromatic N) is 3. The molecule has 0 saturated carbocycles. The summed E-state index contributed by atoms with van der Waals surface area (Å²) in [7, 11) is 1.27. The monoisotopic (exact) mass is 1410 g/mol. The molecule has 1 saturated heterocycles. The molecule has 0 radical (unpaired) electrons. The molecule has 2 aliphatic heterocycles. The zero-order chi connectivity index (χ0) is 71.4. The number of hydrogen-bond acceptors (Lipinski definition) is 16. The molecule has 7 aromatic rings. The Hall–Kier alpha value is -10.3. The van der Waals surface area contributed by atoms with Crippen LogP contribution in [0.15, 0.2) is 116 Å². The average Bonchev–Trinajstić information content (AvgIpc) is 0.917. The fraction of sp³-hybridized carbons (Fsp3) is 0.391. The number of thioether (sulfide) groups is 2. The molecule has 530 valence electrons. The number of carboxylic acids is 1. The number of aromatic amines is 3. The van der Waals surface area contributed by atoms with Gasteiger partial charge in [0.1, 0.15) is 59.9 Å². The van der Waals surface area contributed by atoms with E-state index in [2.05, 4.69) is 57.2 Å². The quantitative estimate of drug-likeness (QED) is 0.0653. The third kappa shape index (κ3) is 20.4. The van der Waals surface area contributed by atoms with Crippen molar-refractivity contribution in [3.63, 3.8) is 0 Å². The van der Waals surface area contributed by atoms with E-state index in [1.807, 2.05) is 24.3 Å². The van der Waals surface area contributed by atoms with Crippen LogP contribution in [0.4, 0.5) is 4.39 Å². The number of unbranched alkanes of at least 4 members (excludes halogenated alkanes) is 1. The van der Waals surface area contributed by atoms with Crippen LogP contribution < -0.4 is 48.7 Å². The number of aromatic nitrogens is 4. The number of hydrogen-bond donors (Lipinski definition) is 14. The van der Waals surface area contributed by atoms with Crippen molar-refractivity contribution in [3.05, 3.63) is 155 Å². The van der Waals surface area contributed by atoms with Crippen molar-refractivity contribution >= 4 is 110 Å². The number of carboxylic acid groups (broad SMARTS) is 1. The number of fused-ring (bicyclic) bond motifs is 5. The van der Waals surface area contributed by atoms with E-state index in [-0.39, 0.29) is 63.0 Å². The number of carbonyl (C=O) groups excluding carboxylic acids is 10. The van der Waals surface area contributed by atoms with Crippen molar-refractivity contribution in [1.29, 1.82) is 0 Å². The smallest absolute Gasteiger partial charge is 0.305 e. The van der Waals surface area contributed by atoms with Crippen molar-refractivity contribution in [2.45, 2.75) is 130 Å². The van der Waals surface area contributed by atoms with E-state index in [1.165, 1.54) is 96.7 Å². The number of carbonyl (C=O) groups is 11. The molecular weight excluding hydrogens is 1330 g/mol. The maximum absolute atomic E-state index is 15.4. The lowest BCUT2D eigenvalue weighted by molar-refractivity contribution is -0.144. The maximum atomic E-state index is 15.4. The van der Waals surface area contributed by atoms with E-state index in [4.69, 9.17) is 11.5 Å². The number of nitrogens with one attached hydrogen (secondary N) is 10. The molecule has 1 fully saturated rings. The van der Waals surface area contributed by atoms with E-state index >= 15 is 14.4 Å². The van der Waals surface area contributed by atoms with Gasteiger partial charge in [-0.15, -0.1) is 0 Å². The number of likely N-dealkylation sites (N-methyl/N-ethyl adjacent to an activating group) is 1. The first kappa shape index (κ1) is 74.0. The molecule has 28 nitrogen and oxygen atoms in total. The highest BCUT2D eigenvalue weighted by Gasteiger charge is 2.41. The number of rotatable bonds is 15. The van der Waals surface area contributed by atoms with Gasteiger partial charge in [-0.1, -0.05) is 54.6 Å². The van der Waals surface area contributed by atoms with Crippen LogP contribution in [0.5, 0.6) is 5.75 Å². The van der Waals surface area contributed by atoms with Crippen LogP contribution in [-0.4, -0.2) is 192 Å². The third-order valence-corrected chi connectivity index (χ3v) is 19.6. The van der Waals surface area contributed by atoms with Gasteiger partial charge in [-0.05, 0) is 103 Å². The molecule has 2 aliphatic rings. The molecule has 0 aliphatic carbocycles. The van der Waals surface area contributed by atoms with Crippen molar-refractivity contribution in [3.8, 4) is 5.75 Å². The van der Waals surface area contributed by atoms with Crippen LogP contribution in [0.25, 0.3) is 21.8 Å². The van der Waals surface area contributed by atoms with Crippen molar-refractivity contribution in [2.24, 2.45) is 11.5 Å². The highest BCUT2D eigenvalue weighted by Crippen LogP contribution is 2.27. The summed E-state index contributed by atoms with van der Waals surface area (Å²) < 4.78 is 14.9. The van der Waals surface area contributed by atoms with Gasteiger partial charge in [-0.25, -0.2) is 9.37 Å². The second-order valence-corrected chi connectivity index (χ2v) is 26.8. The van der Waals surface area contributed by atoms with Crippen molar-refractivity contribution in [2.75, 3.05) is 38.2 Å². The number of phenols is 1. The van der Waals surface area contributed by atoms with Crippen LogP contribution in [-0.2, 0) is 89.9 Å². The fourth-order valence-electron chi connectivity index (χ4n) is 12.1. The van der Waals surface area contributed by atoms with E-state index in [0.717, 1.165) is 16.0 Å². The number of benzene rings is 4. The summed E-state index contributed by atoms with van der Waals surface area (Å²) in [4.78, 5) is 173. The van der Waals surface area contributed by atoms with Crippen LogP contribution in [0.3, 0.4) is 0 Å². The molecule has 4 aromatic carbocycles. The number of H-pyrrole nitrogens is 3. The Morgan fingerprint density at radius 2 is 1.34 bits per heavy atom. The Morgan fingerprint density at radius 3 is 2.06 bits per heavy atom. The molecule has 2 bridgehead atoms. The number of aromatic hydroxyl groups is 1. The molecule has 10 amide bonds. The molecule has 9 rings (SSSR count). The minimum Gasteiger partial charge on any atom is -0.508 e. The van der Waals surface area contributed by atoms with Gasteiger partial charge in [-0.3, -0.25) is 52.7 Å². The summed E-state index contributed by atoms with van der Waals surface area (Å²) in [5, 5.41) is 40.2. The Bertz CT molecular complexity index is 4080. The minimum absolute atomic E-state index is 0.0280. The highest BCUT2D eigenvalue weighted by atomic mass is 32.2. The first-order valence-electron chi connectivity index (χ1n) is 32.8. The predicted molar refractivity (Wildman–Crippen MR) is 372 cm³/mol. The number of para-hydroxylation sites is 1. The Morgan fingerprint density at radius 1 is 0.660 bits per heavy atom.